The Morgan fingerprint density at radius 2 is 2.31 bits per heavy atom. The maximum atomic E-state index is 5.75. The van der Waals surface area contributed by atoms with Crippen molar-refractivity contribution in [2.45, 2.75) is 51.1 Å². The van der Waals surface area contributed by atoms with Crippen molar-refractivity contribution in [1.29, 1.82) is 0 Å². The van der Waals surface area contributed by atoms with Crippen molar-refractivity contribution in [3.63, 3.8) is 0 Å². The Morgan fingerprint density at radius 1 is 1.54 bits per heavy atom. The van der Waals surface area contributed by atoms with Crippen LogP contribution in [0.2, 0.25) is 0 Å². The Kier molecular flexibility index (Phi) is 2.42. The van der Waals surface area contributed by atoms with E-state index in [0.29, 0.717) is 18.0 Å². The number of hydrogen-bond donors (Lipinski definition) is 2. The van der Waals surface area contributed by atoms with E-state index < -0.39 is 0 Å². The average molecular weight is 181 g/mol. The van der Waals surface area contributed by atoms with E-state index in [4.69, 9.17) is 5.73 Å². The Bertz CT molecular complexity index is 208. The summed E-state index contributed by atoms with van der Waals surface area (Å²) in [6, 6.07) is 1.17. The van der Waals surface area contributed by atoms with E-state index in [2.05, 4.69) is 17.2 Å². The van der Waals surface area contributed by atoms with E-state index in [1.54, 1.807) is 0 Å². The van der Waals surface area contributed by atoms with E-state index in [9.17, 15) is 0 Å². The monoisotopic (exact) mass is 181 g/mol. The Balaban J connectivity index is 1.70. The summed E-state index contributed by atoms with van der Waals surface area (Å²) >= 11 is 0. The van der Waals surface area contributed by atoms with Crippen LogP contribution in [0.4, 0.5) is 0 Å². The molecule has 2 aliphatic carbocycles. The molecule has 0 aliphatic heterocycles. The van der Waals surface area contributed by atoms with Crippen molar-refractivity contribution in [2.24, 2.45) is 16.6 Å². The molecule has 0 spiro atoms. The summed E-state index contributed by atoms with van der Waals surface area (Å²) in [6.45, 7) is 2.23. The first-order valence-corrected chi connectivity index (χ1v) is 5.39. The van der Waals surface area contributed by atoms with E-state index in [1.807, 2.05) is 0 Å². The molecule has 3 heteroatoms. The van der Waals surface area contributed by atoms with Gasteiger partial charge in [-0.3, -0.25) is 0 Å². The third-order valence-corrected chi connectivity index (χ3v) is 2.78. The van der Waals surface area contributed by atoms with E-state index in [-0.39, 0.29) is 0 Å². The van der Waals surface area contributed by atoms with Gasteiger partial charge in [-0.25, -0.2) is 4.99 Å². The van der Waals surface area contributed by atoms with Crippen LogP contribution in [-0.4, -0.2) is 18.0 Å². The number of nitrogens with two attached hydrogens (primary N) is 1. The highest BCUT2D eigenvalue weighted by molar-refractivity contribution is 5.78. The number of hydrogen-bond acceptors (Lipinski definition) is 1. The van der Waals surface area contributed by atoms with Gasteiger partial charge in [-0.2, -0.15) is 0 Å². The van der Waals surface area contributed by atoms with Gasteiger partial charge in [0.05, 0.1) is 6.04 Å². The van der Waals surface area contributed by atoms with Gasteiger partial charge in [-0.05, 0) is 31.6 Å². The molecule has 2 saturated carbocycles. The van der Waals surface area contributed by atoms with Gasteiger partial charge in [-0.1, -0.05) is 13.3 Å². The van der Waals surface area contributed by atoms with Crippen molar-refractivity contribution in [1.82, 2.24) is 5.32 Å². The van der Waals surface area contributed by atoms with Gasteiger partial charge < -0.3 is 11.1 Å². The second-order valence-electron chi connectivity index (χ2n) is 4.28. The van der Waals surface area contributed by atoms with Gasteiger partial charge in [-0.15, -0.1) is 0 Å². The van der Waals surface area contributed by atoms with Crippen molar-refractivity contribution >= 4 is 5.96 Å². The molecule has 0 aromatic heterocycles. The van der Waals surface area contributed by atoms with Gasteiger partial charge in [0.15, 0.2) is 5.96 Å². The Labute approximate surface area is 79.8 Å². The maximum absolute atomic E-state index is 5.75. The average Bonchev–Trinajstić information content (AvgIpc) is 2.92. The molecule has 2 atom stereocenters. The molecule has 0 amide bonds. The van der Waals surface area contributed by atoms with Crippen molar-refractivity contribution in [3.05, 3.63) is 0 Å². The molecule has 3 nitrogen and oxygen atoms in total. The van der Waals surface area contributed by atoms with Gasteiger partial charge in [0.1, 0.15) is 0 Å². The molecule has 0 radical (unpaired) electrons. The standard InChI is InChI=1S/C10H19N3/c1-2-3-7-6-9(7)13-10(11)12-8-4-5-8/h7-9H,2-6H2,1H3,(H3,11,12,13). The molecule has 74 valence electrons. The molecule has 3 N–H and O–H groups in total. The predicted molar refractivity (Wildman–Crippen MR) is 54.6 cm³/mol. The number of nitrogens with one attached hydrogen (secondary N) is 1. The van der Waals surface area contributed by atoms with Crippen LogP contribution in [0, 0.1) is 5.92 Å². The maximum Gasteiger partial charge on any atom is 0.189 e. The SMILES string of the molecule is CCCC1CC1N=C(N)NC1CC1. The third kappa shape index (κ3) is 2.61. The summed E-state index contributed by atoms with van der Waals surface area (Å²) in [6.07, 6.45) is 6.36. The molecule has 2 fully saturated rings. The largest absolute Gasteiger partial charge is 0.370 e. The summed E-state index contributed by atoms with van der Waals surface area (Å²) in [5.74, 6) is 1.50. The van der Waals surface area contributed by atoms with Crippen LogP contribution < -0.4 is 11.1 Å². The number of rotatable bonds is 4. The number of nitrogens with zero attached hydrogens (tertiary/aromatic N) is 1. The minimum atomic E-state index is 0.534. The fourth-order valence-electron chi connectivity index (χ4n) is 1.72. The topological polar surface area (TPSA) is 50.4 Å². The van der Waals surface area contributed by atoms with Crippen LogP contribution in [0.5, 0.6) is 0 Å². The normalized spacial score (nSPS) is 33.2. The molecule has 13 heavy (non-hydrogen) atoms. The Morgan fingerprint density at radius 3 is 2.92 bits per heavy atom. The van der Waals surface area contributed by atoms with Gasteiger partial charge in [0.25, 0.3) is 0 Å². The van der Waals surface area contributed by atoms with Crippen LogP contribution in [-0.2, 0) is 0 Å². The first-order valence-electron chi connectivity index (χ1n) is 5.39. The van der Waals surface area contributed by atoms with Crippen LogP contribution >= 0.6 is 0 Å². The van der Waals surface area contributed by atoms with E-state index >= 15 is 0 Å². The molecular formula is C10H19N3. The van der Waals surface area contributed by atoms with Gasteiger partial charge in [0.2, 0.25) is 0 Å². The van der Waals surface area contributed by atoms with Crippen molar-refractivity contribution in [2.75, 3.05) is 0 Å². The zero-order chi connectivity index (χ0) is 9.26. The highest BCUT2D eigenvalue weighted by Crippen LogP contribution is 2.37. The summed E-state index contributed by atoms with van der Waals surface area (Å²) in [5, 5.41) is 3.22. The fraction of sp³-hybridized carbons (Fsp3) is 0.900. The molecule has 0 saturated heterocycles. The first kappa shape index (κ1) is 8.85. The highest BCUT2D eigenvalue weighted by atomic mass is 15.1. The molecule has 0 aromatic rings. The minimum Gasteiger partial charge on any atom is -0.370 e. The fourth-order valence-corrected chi connectivity index (χ4v) is 1.72. The smallest absolute Gasteiger partial charge is 0.189 e. The van der Waals surface area contributed by atoms with E-state index in [0.717, 1.165) is 5.92 Å². The second kappa shape index (κ2) is 3.56. The van der Waals surface area contributed by atoms with Gasteiger partial charge in [0, 0.05) is 6.04 Å². The van der Waals surface area contributed by atoms with Crippen LogP contribution in [0.1, 0.15) is 39.0 Å². The van der Waals surface area contributed by atoms with Crippen LogP contribution in [0.15, 0.2) is 4.99 Å². The summed E-state index contributed by atoms with van der Waals surface area (Å²) < 4.78 is 0. The molecular weight excluding hydrogens is 162 g/mol. The predicted octanol–water partition coefficient (Wildman–Crippen LogP) is 1.24. The van der Waals surface area contributed by atoms with Crippen molar-refractivity contribution < 1.29 is 0 Å². The van der Waals surface area contributed by atoms with Crippen molar-refractivity contribution in [3.8, 4) is 0 Å². The van der Waals surface area contributed by atoms with E-state index in [1.165, 1.54) is 32.1 Å². The lowest BCUT2D eigenvalue weighted by molar-refractivity contribution is 0.681. The summed E-state index contributed by atoms with van der Waals surface area (Å²) in [5.41, 5.74) is 5.75. The lowest BCUT2D eigenvalue weighted by Gasteiger charge is -2.01. The number of aliphatic imine (C=N–C) groups is 1. The zero-order valence-corrected chi connectivity index (χ0v) is 8.29. The second-order valence-corrected chi connectivity index (χ2v) is 4.28. The van der Waals surface area contributed by atoms with Crippen LogP contribution in [0.25, 0.3) is 0 Å². The molecule has 0 aromatic carbocycles. The minimum absolute atomic E-state index is 0.534. The lowest BCUT2D eigenvalue weighted by Crippen LogP contribution is -2.33. The molecule has 0 bridgehead atoms. The lowest BCUT2D eigenvalue weighted by atomic mass is 10.2. The quantitative estimate of drug-likeness (QED) is 0.506. The molecule has 0 heterocycles. The third-order valence-electron chi connectivity index (χ3n) is 2.78. The summed E-state index contributed by atoms with van der Waals surface area (Å²) in [7, 11) is 0. The Hall–Kier alpha value is -0.730. The van der Waals surface area contributed by atoms with Gasteiger partial charge >= 0.3 is 0 Å². The van der Waals surface area contributed by atoms with Crippen LogP contribution in [0.3, 0.4) is 0 Å². The molecule has 2 rings (SSSR count). The molecule has 2 unspecified atom stereocenters. The zero-order valence-electron chi connectivity index (χ0n) is 8.29. The first-order chi connectivity index (χ1) is 6.29. The highest BCUT2D eigenvalue weighted by Gasteiger charge is 2.36. The summed E-state index contributed by atoms with van der Waals surface area (Å²) in [4.78, 5) is 4.45. The number of guanidine groups is 1. The molecule has 2 aliphatic rings.